The number of nitrogens with zero attached hydrogens (tertiary/aromatic N) is 1. The summed E-state index contributed by atoms with van der Waals surface area (Å²) in [6, 6.07) is 4.49. The third-order valence-corrected chi connectivity index (χ3v) is 2.14. The van der Waals surface area contributed by atoms with Gasteiger partial charge in [0.25, 0.3) is 0 Å². The van der Waals surface area contributed by atoms with Crippen LogP contribution in [0.4, 0.5) is 10.1 Å². The molecular weight excluding hydrogens is 213 g/mol. The number of hydrogen-bond donors (Lipinski definition) is 0. The second-order valence-corrected chi connectivity index (χ2v) is 3.26. The van der Waals surface area contributed by atoms with Crippen LogP contribution < -0.4 is 4.74 Å². The summed E-state index contributed by atoms with van der Waals surface area (Å²) in [7, 11) is 0. The van der Waals surface area contributed by atoms with E-state index in [9.17, 15) is 14.5 Å². The van der Waals surface area contributed by atoms with Gasteiger partial charge in [0.1, 0.15) is 0 Å². The van der Waals surface area contributed by atoms with Crippen molar-refractivity contribution in [2.75, 3.05) is 13.3 Å². The number of halogens is 1. The molecule has 0 N–H and O–H groups in total. The summed E-state index contributed by atoms with van der Waals surface area (Å²) in [6.07, 6.45) is 0. The van der Waals surface area contributed by atoms with Gasteiger partial charge in [0.05, 0.1) is 18.2 Å². The smallest absolute Gasteiger partial charge is 0.311 e. The first kappa shape index (κ1) is 12.4. The maximum atomic E-state index is 12.6. The monoisotopic (exact) mass is 226 g/mol. The number of rotatable bonds is 5. The molecule has 0 saturated carbocycles. The van der Waals surface area contributed by atoms with Gasteiger partial charge in [-0.1, -0.05) is 19.1 Å². The van der Waals surface area contributed by atoms with Crippen molar-refractivity contribution >= 4 is 5.69 Å². The summed E-state index contributed by atoms with van der Waals surface area (Å²) in [6.45, 7) is 2.96. The van der Waals surface area contributed by atoms with E-state index in [1.165, 1.54) is 12.1 Å². The number of nitro benzene ring substituents is 1. The van der Waals surface area contributed by atoms with Crippen molar-refractivity contribution in [3.05, 3.63) is 39.8 Å². The van der Waals surface area contributed by atoms with Gasteiger partial charge in [0.15, 0.2) is 0 Å². The van der Waals surface area contributed by atoms with Crippen LogP contribution in [0.25, 0.3) is 0 Å². The molecule has 0 fully saturated rings. The molecule has 0 atom stereocenters. The lowest BCUT2D eigenvalue weighted by Gasteiger charge is -2.13. The molecule has 5 heteroatoms. The van der Waals surface area contributed by atoms with Crippen LogP contribution in [0.2, 0.25) is 0 Å². The van der Waals surface area contributed by atoms with Gasteiger partial charge in [-0.05, 0) is 6.92 Å². The van der Waals surface area contributed by atoms with Crippen molar-refractivity contribution in [1.82, 2.24) is 0 Å². The molecule has 1 aromatic carbocycles. The van der Waals surface area contributed by atoms with E-state index in [0.29, 0.717) is 18.1 Å². The first-order valence-corrected chi connectivity index (χ1v) is 4.90. The maximum absolute atomic E-state index is 12.6. The van der Waals surface area contributed by atoms with Crippen LogP contribution in [0.5, 0.6) is 5.75 Å². The minimum atomic E-state index is -0.652. The Balaban J connectivity index is 3.26. The van der Waals surface area contributed by atoms with Gasteiger partial charge in [0.2, 0.25) is 5.75 Å². The van der Waals surface area contributed by atoms with Gasteiger partial charge < -0.3 is 4.74 Å². The van der Waals surface area contributed by atoms with Crippen LogP contribution in [0.1, 0.15) is 19.4 Å². The van der Waals surface area contributed by atoms with E-state index in [2.05, 4.69) is 0 Å². The molecule has 0 bridgehead atoms. The zero-order valence-electron chi connectivity index (χ0n) is 9.20. The van der Waals surface area contributed by atoms with Crippen molar-refractivity contribution in [3.8, 4) is 5.75 Å². The van der Waals surface area contributed by atoms with Crippen LogP contribution in [0.15, 0.2) is 18.2 Å². The van der Waals surface area contributed by atoms with Crippen molar-refractivity contribution < 1.29 is 14.1 Å². The quantitative estimate of drug-likeness (QED) is 0.573. The highest BCUT2D eigenvalue weighted by Crippen LogP contribution is 2.35. The second kappa shape index (κ2) is 5.44. The average molecular weight is 226 g/mol. The van der Waals surface area contributed by atoms with Crippen LogP contribution >= 0.6 is 0 Å². The lowest BCUT2D eigenvalue weighted by molar-refractivity contribution is -0.385. The highest BCUT2D eigenvalue weighted by atomic mass is 19.1. The Hall–Kier alpha value is -1.65. The Morgan fingerprint density at radius 2 is 2.25 bits per heavy atom. The first-order chi connectivity index (χ1) is 7.61. The van der Waals surface area contributed by atoms with Crippen LogP contribution in [0.3, 0.4) is 0 Å². The molecule has 1 radical (unpaired) electrons. The highest BCUT2D eigenvalue weighted by molar-refractivity contribution is 5.56. The Morgan fingerprint density at radius 1 is 1.56 bits per heavy atom. The minimum absolute atomic E-state index is 0.132. The fourth-order valence-electron chi connectivity index (χ4n) is 1.37. The predicted molar refractivity (Wildman–Crippen MR) is 58.3 cm³/mol. The van der Waals surface area contributed by atoms with Gasteiger partial charge in [-0.3, -0.25) is 14.5 Å². The third kappa shape index (κ3) is 2.48. The molecule has 16 heavy (non-hydrogen) atoms. The molecule has 0 aliphatic carbocycles. The van der Waals surface area contributed by atoms with Crippen molar-refractivity contribution in [3.63, 3.8) is 0 Å². The van der Waals surface area contributed by atoms with Gasteiger partial charge in [-0.25, -0.2) is 0 Å². The van der Waals surface area contributed by atoms with Crippen molar-refractivity contribution in [2.45, 2.75) is 13.8 Å². The average Bonchev–Trinajstić information content (AvgIpc) is 2.28. The largest absolute Gasteiger partial charge is 0.487 e. The molecule has 1 rings (SSSR count). The zero-order valence-corrected chi connectivity index (χ0v) is 9.20. The molecule has 1 aromatic rings. The van der Waals surface area contributed by atoms with Gasteiger partial charge >= 0.3 is 5.69 Å². The van der Waals surface area contributed by atoms with E-state index in [1.54, 1.807) is 19.9 Å². The number of para-hydroxylation sites is 1. The Morgan fingerprint density at radius 3 is 2.75 bits per heavy atom. The normalized spacial score (nSPS) is 10.5. The molecule has 0 saturated heterocycles. The second-order valence-electron chi connectivity index (χ2n) is 3.26. The van der Waals surface area contributed by atoms with E-state index in [-0.39, 0.29) is 11.4 Å². The zero-order chi connectivity index (χ0) is 12.1. The molecule has 0 spiro atoms. The summed E-state index contributed by atoms with van der Waals surface area (Å²) < 4.78 is 17.8. The Labute approximate surface area is 93.2 Å². The fourth-order valence-corrected chi connectivity index (χ4v) is 1.37. The first-order valence-electron chi connectivity index (χ1n) is 4.90. The molecular formula is C11H13FNO3. The molecule has 0 heterocycles. The van der Waals surface area contributed by atoms with Gasteiger partial charge in [0, 0.05) is 17.5 Å². The topological polar surface area (TPSA) is 52.4 Å². The van der Waals surface area contributed by atoms with Crippen LogP contribution in [0, 0.1) is 16.0 Å². The molecule has 0 aliphatic heterocycles. The van der Waals surface area contributed by atoms with E-state index in [0.717, 1.165) is 0 Å². The maximum Gasteiger partial charge on any atom is 0.311 e. The molecule has 0 amide bonds. The highest BCUT2D eigenvalue weighted by Gasteiger charge is 2.22. The SMILES string of the molecule is CCOc1c([C](C)CF)cccc1[N+](=O)[O-]. The summed E-state index contributed by atoms with van der Waals surface area (Å²) >= 11 is 0. The number of benzene rings is 1. The standard InChI is InChI=1S/C11H13FNO3/c1-3-16-11-9(8(2)7-12)5-4-6-10(11)13(14)15/h4-6H,3,7H2,1-2H3. The minimum Gasteiger partial charge on any atom is -0.487 e. The Bertz CT molecular complexity index is 381. The summed E-state index contributed by atoms with van der Waals surface area (Å²) in [5.41, 5.74) is 0.325. The van der Waals surface area contributed by atoms with Gasteiger partial charge in [-0.2, -0.15) is 0 Å². The van der Waals surface area contributed by atoms with Crippen LogP contribution in [-0.4, -0.2) is 18.2 Å². The lowest BCUT2D eigenvalue weighted by atomic mass is 10.0. The van der Waals surface area contributed by atoms with E-state index < -0.39 is 11.6 Å². The summed E-state index contributed by atoms with van der Waals surface area (Å²) in [4.78, 5) is 10.3. The predicted octanol–water partition coefficient (Wildman–Crippen LogP) is 2.91. The summed E-state index contributed by atoms with van der Waals surface area (Å²) in [5, 5.41) is 10.8. The van der Waals surface area contributed by atoms with E-state index in [4.69, 9.17) is 4.74 Å². The number of nitro groups is 1. The third-order valence-electron chi connectivity index (χ3n) is 2.14. The van der Waals surface area contributed by atoms with Crippen molar-refractivity contribution in [2.24, 2.45) is 0 Å². The summed E-state index contributed by atoms with van der Waals surface area (Å²) in [5.74, 6) is 0.567. The van der Waals surface area contributed by atoms with E-state index >= 15 is 0 Å². The lowest BCUT2D eigenvalue weighted by Crippen LogP contribution is -2.05. The molecule has 87 valence electrons. The number of hydrogen-bond acceptors (Lipinski definition) is 3. The number of ether oxygens (including phenoxy) is 1. The fraction of sp³-hybridized carbons (Fsp3) is 0.364. The molecule has 0 aromatic heterocycles. The van der Waals surface area contributed by atoms with Gasteiger partial charge in [-0.15, -0.1) is 0 Å². The van der Waals surface area contributed by atoms with E-state index in [1.807, 2.05) is 0 Å². The molecule has 4 nitrogen and oxygen atoms in total. The van der Waals surface area contributed by atoms with Crippen LogP contribution in [-0.2, 0) is 0 Å². The number of alkyl halides is 1. The Kier molecular flexibility index (Phi) is 4.22. The molecule has 0 aliphatic rings. The van der Waals surface area contributed by atoms with Crippen molar-refractivity contribution in [1.29, 1.82) is 0 Å². The molecule has 0 unspecified atom stereocenters.